The van der Waals surface area contributed by atoms with E-state index in [2.05, 4.69) is 4.90 Å². The number of methoxy groups -OCH3 is 1. The lowest BCUT2D eigenvalue weighted by Gasteiger charge is -2.43. The first-order valence-electron chi connectivity index (χ1n) is 9.84. The second kappa shape index (κ2) is 7.43. The summed E-state index contributed by atoms with van der Waals surface area (Å²) in [6.45, 7) is 1.42. The number of aromatic nitrogens is 1. The molecule has 0 bridgehead atoms. The van der Waals surface area contributed by atoms with E-state index in [1.54, 1.807) is 19.2 Å². The molecule has 1 spiro atoms. The predicted octanol–water partition coefficient (Wildman–Crippen LogP) is 3.59. The van der Waals surface area contributed by atoms with Gasteiger partial charge in [-0.2, -0.15) is 0 Å². The molecule has 1 unspecified atom stereocenters. The van der Waals surface area contributed by atoms with Crippen LogP contribution in [-0.2, 0) is 0 Å². The van der Waals surface area contributed by atoms with Gasteiger partial charge in [-0.1, -0.05) is 6.42 Å². The van der Waals surface area contributed by atoms with Crippen molar-refractivity contribution in [3.8, 4) is 17.0 Å². The smallest absolute Gasteiger partial charge is 0.339 e. The van der Waals surface area contributed by atoms with E-state index < -0.39 is 5.97 Å². The van der Waals surface area contributed by atoms with Crippen molar-refractivity contribution in [3.63, 3.8) is 0 Å². The minimum Gasteiger partial charge on any atom is -0.497 e. The normalized spacial score (nSPS) is 24.5. The average Bonchev–Trinajstić information content (AvgIpc) is 3.06. The number of rotatable bonds is 4. The Balaban J connectivity index is 1.70. The number of ether oxygens (including phenoxy) is 1. The van der Waals surface area contributed by atoms with Crippen molar-refractivity contribution in [1.82, 2.24) is 4.98 Å². The van der Waals surface area contributed by atoms with Crippen molar-refractivity contribution >= 4 is 11.8 Å². The van der Waals surface area contributed by atoms with Gasteiger partial charge in [0, 0.05) is 24.1 Å². The standard InChI is InChI=1S/C22H26N2O4/c1-28-16-7-5-15(6-8-16)18-10-9-17(21(26)27)20(23-18)24-13-3-12-22(14-24)11-2-4-19(22)25/h5-10,19,25H,2-4,11-14H2,1H3,(H,26,27)/t19?,22-/m1/s1. The molecule has 2 heterocycles. The van der Waals surface area contributed by atoms with Gasteiger partial charge in [-0.25, -0.2) is 9.78 Å². The third-order valence-electron chi connectivity index (χ3n) is 6.26. The minimum absolute atomic E-state index is 0.133. The number of pyridine rings is 1. The van der Waals surface area contributed by atoms with E-state index in [9.17, 15) is 15.0 Å². The number of aliphatic hydroxyl groups is 1. The van der Waals surface area contributed by atoms with Crippen molar-refractivity contribution in [2.24, 2.45) is 5.41 Å². The molecule has 0 amide bonds. The molecule has 1 aliphatic carbocycles. The third kappa shape index (κ3) is 3.33. The number of piperidine rings is 1. The number of carboxylic acids is 1. The van der Waals surface area contributed by atoms with Crippen molar-refractivity contribution in [2.75, 3.05) is 25.1 Å². The molecular formula is C22H26N2O4. The molecule has 6 nitrogen and oxygen atoms in total. The van der Waals surface area contributed by atoms with E-state index in [-0.39, 0.29) is 17.1 Å². The number of anilines is 1. The van der Waals surface area contributed by atoms with Crippen LogP contribution >= 0.6 is 0 Å². The first-order chi connectivity index (χ1) is 13.5. The fourth-order valence-electron chi connectivity index (χ4n) is 4.72. The van der Waals surface area contributed by atoms with E-state index >= 15 is 0 Å². The van der Waals surface area contributed by atoms with Crippen molar-refractivity contribution in [3.05, 3.63) is 42.0 Å². The molecule has 1 aliphatic heterocycles. The Kier molecular flexibility index (Phi) is 4.98. The van der Waals surface area contributed by atoms with Crippen LogP contribution in [0, 0.1) is 5.41 Å². The number of carbonyl (C=O) groups is 1. The maximum Gasteiger partial charge on any atom is 0.339 e. The maximum absolute atomic E-state index is 11.8. The molecule has 2 atom stereocenters. The zero-order chi connectivity index (χ0) is 19.7. The Morgan fingerprint density at radius 3 is 2.57 bits per heavy atom. The molecule has 2 aromatic rings. The van der Waals surface area contributed by atoms with Crippen LogP contribution in [0.5, 0.6) is 5.75 Å². The highest BCUT2D eigenvalue weighted by Gasteiger charge is 2.45. The van der Waals surface area contributed by atoms with Crippen LogP contribution in [0.1, 0.15) is 42.5 Å². The number of hydrogen-bond acceptors (Lipinski definition) is 5. The number of carboxylic acid groups (broad SMARTS) is 1. The lowest BCUT2D eigenvalue weighted by atomic mass is 9.76. The topological polar surface area (TPSA) is 82.9 Å². The highest BCUT2D eigenvalue weighted by molar-refractivity contribution is 5.94. The van der Waals surface area contributed by atoms with Gasteiger partial charge in [0.2, 0.25) is 0 Å². The van der Waals surface area contributed by atoms with Gasteiger partial charge in [0.05, 0.1) is 18.9 Å². The van der Waals surface area contributed by atoms with E-state index in [1.807, 2.05) is 24.3 Å². The van der Waals surface area contributed by atoms with Crippen LogP contribution < -0.4 is 9.64 Å². The number of aliphatic hydroxyl groups excluding tert-OH is 1. The lowest BCUT2D eigenvalue weighted by molar-refractivity contribution is 0.0407. The summed E-state index contributed by atoms with van der Waals surface area (Å²) >= 11 is 0. The highest BCUT2D eigenvalue weighted by Crippen LogP contribution is 2.46. The summed E-state index contributed by atoms with van der Waals surface area (Å²) < 4.78 is 5.21. The molecule has 1 aromatic carbocycles. The third-order valence-corrected chi connectivity index (χ3v) is 6.26. The summed E-state index contributed by atoms with van der Waals surface area (Å²) in [5.74, 6) is 0.286. The number of aromatic carboxylic acids is 1. The SMILES string of the molecule is COc1ccc(-c2ccc(C(=O)O)c(N3CCC[C@]4(CCCC4O)C3)n2)cc1. The zero-order valence-corrected chi connectivity index (χ0v) is 16.1. The Hall–Kier alpha value is -2.60. The molecule has 2 fully saturated rings. The zero-order valence-electron chi connectivity index (χ0n) is 16.1. The van der Waals surface area contributed by atoms with Crippen LogP contribution in [0.3, 0.4) is 0 Å². The molecule has 2 aliphatic rings. The summed E-state index contributed by atoms with van der Waals surface area (Å²) in [4.78, 5) is 18.6. The van der Waals surface area contributed by atoms with Gasteiger partial charge in [0.1, 0.15) is 17.1 Å². The molecule has 1 saturated heterocycles. The predicted molar refractivity (Wildman–Crippen MR) is 107 cm³/mol. The van der Waals surface area contributed by atoms with Crippen molar-refractivity contribution in [2.45, 2.75) is 38.2 Å². The molecule has 28 heavy (non-hydrogen) atoms. The van der Waals surface area contributed by atoms with Gasteiger partial charge >= 0.3 is 5.97 Å². The monoisotopic (exact) mass is 382 g/mol. The summed E-state index contributed by atoms with van der Waals surface area (Å²) in [7, 11) is 1.62. The van der Waals surface area contributed by atoms with Crippen LogP contribution in [0.15, 0.2) is 36.4 Å². The fourth-order valence-corrected chi connectivity index (χ4v) is 4.72. The van der Waals surface area contributed by atoms with Crippen LogP contribution in [0.2, 0.25) is 0 Å². The highest BCUT2D eigenvalue weighted by atomic mass is 16.5. The van der Waals surface area contributed by atoms with Crippen LogP contribution in [-0.4, -0.2) is 47.5 Å². The first kappa shape index (κ1) is 18.7. The maximum atomic E-state index is 11.8. The average molecular weight is 382 g/mol. The molecule has 1 saturated carbocycles. The van der Waals surface area contributed by atoms with E-state index in [1.165, 1.54) is 0 Å². The van der Waals surface area contributed by atoms with E-state index in [0.717, 1.165) is 55.7 Å². The van der Waals surface area contributed by atoms with E-state index in [0.29, 0.717) is 12.4 Å². The minimum atomic E-state index is -0.977. The van der Waals surface area contributed by atoms with Crippen LogP contribution in [0.25, 0.3) is 11.3 Å². The summed E-state index contributed by atoms with van der Waals surface area (Å²) in [5, 5.41) is 20.3. The molecule has 0 radical (unpaired) electrons. The fraction of sp³-hybridized carbons (Fsp3) is 0.455. The Morgan fingerprint density at radius 1 is 1.18 bits per heavy atom. The summed E-state index contributed by atoms with van der Waals surface area (Å²) in [5.41, 5.74) is 1.72. The summed E-state index contributed by atoms with van der Waals surface area (Å²) in [6.07, 6.45) is 4.47. The molecule has 148 valence electrons. The van der Waals surface area contributed by atoms with Gasteiger partial charge in [-0.15, -0.1) is 0 Å². The number of benzene rings is 1. The Labute approximate surface area is 164 Å². The van der Waals surface area contributed by atoms with Crippen molar-refractivity contribution < 1.29 is 19.7 Å². The second-order valence-corrected chi connectivity index (χ2v) is 7.90. The second-order valence-electron chi connectivity index (χ2n) is 7.90. The summed E-state index contributed by atoms with van der Waals surface area (Å²) in [6, 6.07) is 11.0. The largest absolute Gasteiger partial charge is 0.497 e. The lowest BCUT2D eigenvalue weighted by Crippen LogP contribution is -2.48. The molecule has 2 N–H and O–H groups in total. The quantitative estimate of drug-likeness (QED) is 0.841. The van der Waals surface area contributed by atoms with Crippen molar-refractivity contribution in [1.29, 1.82) is 0 Å². The van der Waals surface area contributed by atoms with Gasteiger partial charge < -0.3 is 19.8 Å². The molecule has 4 rings (SSSR count). The van der Waals surface area contributed by atoms with Gasteiger partial charge in [-0.05, 0) is 62.1 Å². The molecule has 6 heteroatoms. The van der Waals surface area contributed by atoms with Crippen LogP contribution in [0.4, 0.5) is 5.82 Å². The number of nitrogens with zero attached hydrogens (tertiary/aromatic N) is 2. The molecule has 1 aromatic heterocycles. The van der Waals surface area contributed by atoms with Gasteiger partial charge in [0.25, 0.3) is 0 Å². The first-order valence-corrected chi connectivity index (χ1v) is 9.84. The molecular weight excluding hydrogens is 356 g/mol. The van der Waals surface area contributed by atoms with Gasteiger partial charge in [-0.3, -0.25) is 0 Å². The van der Waals surface area contributed by atoms with Gasteiger partial charge in [0.15, 0.2) is 0 Å². The Bertz CT molecular complexity index is 867. The van der Waals surface area contributed by atoms with E-state index in [4.69, 9.17) is 9.72 Å². The number of hydrogen-bond donors (Lipinski definition) is 2. The Morgan fingerprint density at radius 2 is 1.93 bits per heavy atom.